The average molecular weight is 158 g/mol. The Bertz CT molecular complexity index is 307. The Morgan fingerprint density at radius 3 is 2.67 bits per heavy atom. The summed E-state index contributed by atoms with van der Waals surface area (Å²) in [6, 6.07) is 8.32. The van der Waals surface area contributed by atoms with E-state index in [0.717, 1.165) is 5.56 Å². The number of rotatable bonds is 2. The molecule has 0 unspecified atom stereocenters. The summed E-state index contributed by atoms with van der Waals surface area (Å²) in [5.74, 6) is 0. The van der Waals surface area contributed by atoms with E-state index in [1.165, 1.54) is 11.1 Å². The van der Waals surface area contributed by atoms with Gasteiger partial charge < -0.3 is 0 Å². The van der Waals surface area contributed by atoms with Crippen LogP contribution in [0.4, 0.5) is 0 Å². The number of aryl methyl sites for hydroxylation is 2. The fraction of sp³-hybridized carbons (Fsp3) is 0.273. The first kappa shape index (κ1) is 8.80. The smallest absolute Gasteiger partial charge is 0.0628 e. The predicted molar refractivity (Wildman–Crippen MR) is 49.5 cm³/mol. The maximum absolute atomic E-state index is 8.37. The summed E-state index contributed by atoms with van der Waals surface area (Å²) in [7, 11) is 0. The molecule has 0 aromatic heterocycles. The minimum Gasteiger partial charge on any atom is -0.198 e. The van der Waals surface area contributed by atoms with Crippen LogP contribution in [0.2, 0.25) is 0 Å². The molecule has 1 aromatic carbocycles. The van der Waals surface area contributed by atoms with E-state index in [1.54, 1.807) is 0 Å². The summed E-state index contributed by atoms with van der Waals surface area (Å²) < 4.78 is 0. The van der Waals surface area contributed by atoms with Crippen LogP contribution in [-0.4, -0.2) is 0 Å². The van der Waals surface area contributed by atoms with Crippen molar-refractivity contribution in [3.63, 3.8) is 0 Å². The van der Waals surface area contributed by atoms with Gasteiger partial charge in [-0.25, -0.2) is 0 Å². The highest BCUT2D eigenvalue weighted by molar-refractivity contribution is 5.33. The molecule has 1 radical (unpaired) electrons. The molecule has 0 spiro atoms. The number of hydrogen-bond donors (Lipinski definition) is 0. The molecule has 0 N–H and O–H groups in total. The van der Waals surface area contributed by atoms with Crippen molar-refractivity contribution in [1.82, 2.24) is 0 Å². The molecule has 1 aromatic rings. The molecule has 12 heavy (non-hydrogen) atoms. The predicted octanol–water partition coefficient (Wildman–Crippen LogP) is 2.77. The molecule has 0 saturated heterocycles. The zero-order valence-electron chi connectivity index (χ0n) is 7.46. The Morgan fingerprint density at radius 1 is 1.33 bits per heavy atom. The van der Waals surface area contributed by atoms with Gasteiger partial charge in [-0.15, -0.1) is 0 Å². The molecule has 1 nitrogen and oxygen atoms in total. The van der Waals surface area contributed by atoms with Crippen LogP contribution in [0, 0.1) is 31.6 Å². The van der Waals surface area contributed by atoms with Crippen molar-refractivity contribution in [2.45, 2.75) is 20.3 Å². The first-order chi connectivity index (χ1) is 5.74. The number of nitriles is 1. The third-order valence-electron chi connectivity index (χ3n) is 1.96. The van der Waals surface area contributed by atoms with Gasteiger partial charge in [-0.1, -0.05) is 18.2 Å². The number of benzene rings is 1. The van der Waals surface area contributed by atoms with Crippen molar-refractivity contribution in [2.24, 2.45) is 0 Å². The summed E-state index contributed by atoms with van der Waals surface area (Å²) in [5, 5.41) is 8.37. The maximum Gasteiger partial charge on any atom is 0.0628 e. The lowest BCUT2D eigenvalue weighted by molar-refractivity contribution is 1.22. The summed E-state index contributed by atoms with van der Waals surface area (Å²) >= 11 is 0. The Morgan fingerprint density at radius 2 is 2.08 bits per heavy atom. The molecule has 0 atom stereocenters. The van der Waals surface area contributed by atoms with Gasteiger partial charge in [-0.3, -0.25) is 0 Å². The molecular formula is C11H12N. The van der Waals surface area contributed by atoms with Gasteiger partial charge in [-0.05, 0) is 30.5 Å². The lowest BCUT2D eigenvalue weighted by Gasteiger charge is -2.01. The fourth-order valence-corrected chi connectivity index (χ4v) is 1.06. The minimum atomic E-state index is 0.489. The Hall–Kier alpha value is -1.29. The van der Waals surface area contributed by atoms with Gasteiger partial charge in [0, 0.05) is 12.8 Å². The Labute approximate surface area is 73.6 Å². The van der Waals surface area contributed by atoms with E-state index < -0.39 is 0 Å². The number of hydrogen-bond acceptors (Lipinski definition) is 1. The van der Waals surface area contributed by atoms with Crippen LogP contribution in [0.5, 0.6) is 0 Å². The molecule has 0 aliphatic heterocycles. The molecule has 61 valence electrons. The lowest BCUT2D eigenvalue weighted by atomic mass is 10.0. The normalized spacial score (nSPS) is 9.42. The lowest BCUT2D eigenvalue weighted by Crippen LogP contribution is -1.85. The molecule has 0 amide bonds. The molecule has 1 heteroatoms. The van der Waals surface area contributed by atoms with Crippen LogP contribution in [-0.2, 0) is 0 Å². The summed E-state index contributed by atoms with van der Waals surface area (Å²) in [4.78, 5) is 0. The van der Waals surface area contributed by atoms with Crippen molar-refractivity contribution in [3.8, 4) is 6.07 Å². The average Bonchev–Trinajstić information content (AvgIpc) is 2.07. The first-order valence-electron chi connectivity index (χ1n) is 4.01. The molecule has 0 aliphatic rings. The summed E-state index contributed by atoms with van der Waals surface area (Å²) in [6.45, 7) is 4.17. The Balaban J connectivity index is 2.77. The van der Waals surface area contributed by atoms with E-state index >= 15 is 0 Å². The second-order valence-electron chi connectivity index (χ2n) is 2.91. The number of nitrogens with zero attached hydrogens (tertiary/aromatic N) is 1. The van der Waals surface area contributed by atoms with Gasteiger partial charge >= 0.3 is 0 Å². The van der Waals surface area contributed by atoms with Gasteiger partial charge in [0.2, 0.25) is 0 Å². The van der Waals surface area contributed by atoms with E-state index in [0.29, 0.717) is 6.42 Å². The van der Waals surface area contributed by atoms with Crippen LogP contribution in [0.25, 0.3) is 0 Å². The van der Waals surface area contributed by atoms with Crippen molar-refractivity contribution in [1.29, 1.82) is 5.26 Å². The van der Waals surface area contributed by atoms with Gasteiger partial charge in [-0.2, -0.15) is 5.26 Å². The summed E-state index contributed by atoms with van der Waals surface area (Å²) in [6.07, 6.45) is 2.43. The van der Waals surface area contributed by atoms with Crippen molar-refractivity contribution in [3.05, 3.63) is 41.3 Å². The minimum absolute atomic E-state index is 0.489. The molecule has 0 aliphatic carbocycles. The quantitative estimate of drug-likeness (QED) is 0.649. The SMILES string of the molecule is Cc1ccc([CH]CC#N)cc1C. The van der Waals surface area contributed by atoms with Crippen molar-refractivity contribution in [2.75, 3.05) is 0 Å². The van der Waals surface area contributed by atoms with Gasteiger partial charge in [0.05, 0.1) is 6.07 Å². The second kappa shape index (κ2) is 3.92. The highest BCUT2D eigenvalue weighted by Gasteiger charge is 1.95. The van der Waals surface area contributed by atoms with Crippen LogP contribution in [0.3, 0.4) is 0 Å². The molecule has 1 rings (SSSR count). The van der Waals surface area contributed by atoms with Crippen molar-refractivity contribution >= 4 is 0 Å². The van der Waals surface area contributed by atoms with Gasteiger partial charge in [0.15, 0.2) is 0 Å². The van der Waals surface area contributed by atoms with Crippen LogP contribution in [0.1, 0.15) is 23.1 Å². The highest BCUT2D eigenvalue weighted by Crippen LogP contribution is 2.12. The van der Waals surface area contributed by atoms with E-state index in [1.807, 2.05) is 12.5 Å². The molecular weight excluding hydrogens is 146 g/mol. The van der Waals surface area contributed by atoms with Crippen LogP contribution in [0.15, 0.2) is 18.2 Å². The zero-order valence-corrected chi connectivity index (χ0v) is 7.46. The monoisotopic (exact) mass is 158 g/mol. The largest absolute Gasteiger partial charge is 0.198 e. The second-order valence-corrected chi connectivity index (χ2v) is 2.91. The van der Waals surface area contributed by atoms with E-state index in [9.17, 15) is 0 Å². The highest BCUT2D eigenvalue weighted by atomic mass is 14.2. The standard InChI is InChI=1S/C11H12N/c1-9-5-6-11(4-3-7-12)8-10(9)2/h4-6,8H,3H2,1-2H3. The molecule has 0 heterocycles. The summed E-state index contributed by atoms with van der Waals surface area (Å²) in [5.41, 5.74) is 3.71. The maximum atomic E-state index is 8.37. The van der Waals surface area contributed by atoms with Crippen LogP contribution < -0.4 is 0 Å². The van der Waals surface area contributed by atoms with Crippen LogP contribution >= 0.6 is 0 Å². The van der Waals surface area contributed by atoms with Gasteiger partial charge in [0.1, 0.15) is 0 Å². The molecule has 0 bridgehead atoms. The van der Waals surface area contributed by atoms with E-state index in [2.05, 4.69) is 32.0 Å². The van der Waals surface area contributed by atoms with E-state index in [4.69, 9.17) is 5.26 Å². The zero-order chi connectivity index (χ0) is 8.97. The first-order valence-corrected chi connectivity index (χ1v) is 4.01. The third-order valence-corrected chi connectivity index (χ3v) is 1.96. The fourth-order valence-electron chi connectivity index (χ4n) is 1.06. The van der Waals surface area contributed by atoms with Crippen molar-refractivity contribution < 1.29 is 0 Å². The molecule has 0 fully saturated rings. The van der Waals surface area contributed by atoms with E-state index in [-0.39, 0.29) is 0 Å². The Kier molecular flexibility index (Phi) is 2.88. The molecule has 0 saturated carbocycles. The third kappa shape index (κ3) is 2.10. The topological polar surface area (TPSA) is 23.8 Å². The van der Waals surface area contributed by atoms with Gasteiger partial charge in [0.25, 0.3) is 0 Å².